The van der Waals surface area contributed by atoms with E-state index in [1.807, 2.05) is 0 Å². The summed E-state index contributed by atoms with van der Waals surface area (Å²) >= 11 is 3.63. The second-order valence-electron chi connectivity index (χ2n) is 5.47. The normalized spacial score (nSPS) is 19.9. The van der Waals surface area contributed by atoms with Gasteiger partial charge in [0.15, 0.2) is 0 Å². The highest BCUT2D eigenvalue weighted by Gasteiger charge is 2.16. The molecule has 0 aromatic carbocycles. The molecule has 0 spiro atoms. The van der Waals surface area contributed by atoms with Crippen LogP contribution in [0, 0.1) is 11.8 Å². The van der Waals surface area contributed by atoms with E-state index in [2.05, 4.69) is 46.6 Å². The van der Waals surface area contributed by atoms with Crippen molar-refractivity contribution < 1.29 is 0 Å². The minimum atomic E-state index is 0.772. The van der Waals surface area contributed by atoms with Gasteiger partial charge in [-0.1, -0.05) is 29.8 Å². The summed E-state index contributed by atoms with van der Waals surface area (Å²) in [5, 5.41) is 1.12. The van der Waals surface area contributed by atoms with Crippen LogP contribution in [-0.2, 0) is 0 Å². The molecule has 96 valence electrons. The van der Waals surface area contributed by atoms with Gasteiger partial charge in [-0.05, 0) is 44.8 Å². The summed E-state index contributed by atoms with van der Waals surface area (Å²) in [5.74, 6) is 1.55. The monoisotopic (exact) mass is 290 g/mol. The van der Waals surface area contributed by atoms with Gasteiger partial charge >= 0.3 is 0 Å². The molecule has 0 N–H and O–H groups in total. The molecule has 1 rings (SSSR count). The summed E-state index contributed by atoms with van der Waals surface area (Å²) in [4.78, 5) is 5.08. The molecule has 1 fully saturated rings. The van der Waals surface area contributed by atoms with Gasteiger partial charge in [-0.2, -0.15) is 0 Å². The van der Waals surface area contributed by atoms with E-state index in [0.717, 1.165) is 17.2 Å². The van der Waals surface area contributed by atoms with Crippen molar-refractivity contribution in [3.05, 3.63) is 0 Å². The maximum atomic E-state index is 3.63. The van der Waals surface area contributed by atoms with Crippen LogP contribution in [0.5, 0.6) is 0 Å². The van der Waals surface area contributed by atoms with Crippen molar-refractivity contribution in [1.29, 1.82) is 0 Å². The quantitative estimate of drug-likeness (QED) is 0.665. The van der Waals surface area contributed by atoms with Crippen LogP contribution < -0.4 is 0 Å². The van der Waals surface area contributed by atoms with Crippen molar-refractivity contribution in [3.8, 4) is 0 Å². The Labute approximate surface area is 109 Å². The van der Waals surface area contributed by atoms with Crippen LogP contribution >= 0.6 is 15.9 Å². The predicted molar refractivity (Wildman–Crippen MR) is 75.3 cm³/mol. The molecule has 16 heavy (non-hydrogen) atoms. The van der Waals surface area contributed by atoms with Gasteiger partial charge in [-0.15, -0.1) is 0 Å². The van der Waals surface area contributed by atoms with Crippen molar-refractivity contribution in [1.82, 2.24) is 9.80 Å². The highest BCUT2D eigenvalue weighted by molar-refractivity contribution is 9.09. The average molecular weight is 291 g/mol. The Morgan fingerprint density at radius 1 is 1.25 bits per heavy atom. The first-order chi connectivity index (χ1) is 7.63. The first-order valence-electron chi connectivity index (χ1n) is 6.60. The molecule has 0 saturated carbocycles. The topological polar surface area (TPSA) is 6.48 Å². The molecular formula is C13H27BrN2. The number of halogens is 1. The Hall–Kier alpha value is 0.400. The van der Waals surface area contributed by atoms with Crippen LogP contribution in [0.3, 0.4) is 0 Å². The highest BCUT2D eigenvalue weighted by Crippen LogP contribution is 2.15. The van der Waals surface area contributed by atoms with Gasteiger partial charge in [0, 0.05) is 25.0 Å². The van der Waals surface area contributed by atoms with E-state index in [1.165, 1.54) is 45.6 Å². The van der Waals surface area contributed by atoms with E-state index in [-0.39, 0.29) is 0 Å². The Bertz CT molecular complexity index is 179. The number of alkyl halides is 1. The molecule has 0 aromatic heterocycles. The van der Waals surface area contributed by atoms with Crippen LogP contribution in [-0.4, -0.2) is 54.9 Å². The molecule has 0 radical (unpaired) electrons. The molecule has 3 heteroatoms. The van der Waals surface area contributed by atoms with Crippen LogP contribution in [0.15, 0.2) is 0 Å². The fourth-order valence-corrected chi connectivity index (χ4v) is 3.20. The van der Waals surface area contributed by atoms with E-state index in [1.54, 1.807) is 0 Å². The van der Waals surface area contributed by atoms with Crippen molar-refractivity contribution in [2.45, 2.75) is 26.7 Å². The summed E-state index contributed by atoms with van der Waals surface area (Å²) in [5.41, 5.74) is 0. The molecule has 1 saturated heterocycles. The smallest absolute Gasteiger partial charge is 0.0109 e. The Morgan fingerprint density at radius 2 is 1.88 bits per heavy atom. The lowest BCUT2D eigenvalue weighted by Gasteiger charge is -2.27. The lowest BCUT2D eigenvalue weighted by atomic mass is 9.98. The molecule has 1 unspecified atom stereocenters. The van der Waals surface area contributed by atoms with Crippen molar-refractivity contribution >= 4 is 15.9 Å². The zero-order chi connectivity index (χ0) is 12.0. The summed E-state index contributed by atoms with van der Waals surface area (Å²) in [7, 11) is 2.26. The summed E-state index contributed by atoms with van der Waals surface area (Å²) in [6.07, 6.45) is 2.81. The second kappa shape index (κ2) is 7.67. The van der Waals surface area contributed by atoms with Gasteiger partial charge in [0.2, 0.25) is 0 Å². The number of likely N-dealkylation sites (N-methyl/N-ethyl adjacent to an activating group) is 1. The summed E-state index contributed by atoms with van der Waals surface area (Å²) in [6, 6.07) is 0. The standard InChI is InChI=1S/C13H27BrN2/c1-12(2)13(10-14)11-15(3)8-9-16-6-4-5-7-16/h12-13H,4-11H2,1-3H3. The average Bonchev–Trinajstić information content (AvgIpc) is 2.75. The van der Waals surface area contributed by atoms with E-state index in [0.29, 0.717) is 0 Å². The Balaban J connectivity index is 2.15. The van der Waals surface area contributed by atoms with Gasteiger partial charge < -0.3 is 9.80 Å². The fraction of sp³-hybridized carbons (Fsp3) is 1.00. The van der Waals surface area contributed by atoms with Crippen molar-refractivity contribution in [2.75, 3.05) is 45.1 Å². The number of hydrogen-bond acceptors (Lipinski definition) is 2. The van der Waals surface area contributed by atoms with E-state index >= 15 is 0 Å². The SMILES string of the molecule is CC(C)C(CBr)CN(C)CCN1CCCC1. The molecule has 0 aliphatic carbocycles. The molecule has 1 heterocycles. The maximum absolute atomic E-state index is 3.63. The molecular weight excluding hydrogens is 264 g/mol. The number of hydrogen-bond donors (Lipinski definition) is 0. The zero-order valence-electron chi connectivity index (χ0n) is 11.1. The maximum Gasteiger partial charge on any atom is 0.0109 e. The minimum absolute atomic E-state index is 0.772. The molecule has 1 atom stereocenters. The minimum Gasteiger partial charge on any atom is -0.305 e. The van der Waals surface area contributed by atoms with Gasteiger partial charge in [-0.25, -0.2) is 0 Å². The summed E-state index contributed by atoms with van der Waals surface area (Å²) < 4.78 is 0. The van der Waals surface area contributed by atoms with Gasteiger partial charge in [-0.3, -0.25) is 0 Å². The first-order valence-corrected chi connectivity index (χ1v) is 7.72. The molecule has 1 aliphatic rings. The van der Waals surface area contributed by atoms with Crippen molar-refractivity contribution in [2.24, 2.45) is 11.8 Å². The highest BCUT2D eigenvalue weighted by atomic mass is 79.9. The molecule has 1 aliphatic heterocycles. The molecule has 2 nitrogen and oxygen atoms in total. The van der Waals surface area contributed by atoms with Gasteiger partial charge in [0.1, 0.15) is 0 Å². The molecule has 0 aromatic rings. The van der Waals surface area contributed by atoms with Gasteiger partial charge in [0.25, 0.3) is 0 Å². The third-order valence-electron chi connectivity index (χ3n) is 3.68. The van der Waals surface area contributed by atoms with Crippen LogP contribution in [0.4, 0.5) is 0 Å². The first kappa shape index (κ1) is 14.5. The number of rotatable bonds is 7. The number of likely N-dealkylation sites (tertiary alicyclic amines) is 1. The Kier molecular flexibility index (Phi) is 6.94. The largest absolute Gasteiger partial charge is 0.305 e. The van der Waals surface area contributed by atoms with Gasteiger partial charge in [0.05, 0.1) is 0 Å². The number of nitrogens with zero attached hydrogens (tertiary/aromatic N) is 2. The van der Waals surface area contributed by atoms with Crippen LogP contribution in [0.25, 0.3) is 0 Å². The third kappa shape index (κ3) is 5.15. The predicted octanol–water partition coefficient (Wildman–Crippen LogP) is 2.68. The van der Waals surface area contributed by atoms with E-state index in [4.69, 9.17) is 0 Å². The lowest BCUT2D eigenvalue weighted by molar-refractivity contribution is 0.218. The van der Waals surface area contributed by atoms with E-state index in [9.17, 15) is 0 Å². The van der Waals surface area contributed by atoms with Crippen LogP contribution in [0.1, 0.15) is 26.7 Å². The molecule has 0 amide bonds. The van der Waals surface area contributed by atoms with Crippen LogP contribution in [0.2, 0.25) is 0 Å². The third-order valence-corrected chi connectivity index (χ3v) is 4.52. The zero-order valence-corrected chi connectivity index (χ0v) is 12.7. The fourth-order valence-electron chi connectivity index (χ4n) is 2.25. The second-order valence-corrected chi connectivity index (χ2v) is 6.12. The summed E-state index contributed by atoms with van der Waals surface area (Å²) in [6.45, 7) is 11.0. The Morgan fingerprint density at radius 3 is 2.38 bits per heavy atom. The molecule has 0 bridgehead atoms. The lowest BCUT2D eigenvalue weighted by Crippen LogP contribution is -2.35. The van der Waals surface area contributed by atoms with E-state index < -0.39 is 0 Å². The van der Waals surface area contributed by atoms with Crippen molar-refractivity contribution in [3.63, 3.8) is 0 Å².